The van der Waals surface area contributed by atoms with Gasteiger partial charge in [0.15, 0.2) is 5.65 Å². The highest BCUT2D eigenvalue weighted by molar-refractivity contribution is 6.37. The molecule has 0 saturated carbocycles. The van der Waals surface area contributed by atoms with Crippen molar-refractivity contribution in [2.75, 3.05) is 5.73 Å². The van der Waals surface area contributed by atoms with Gasteiger partial charge >= 0.3 is 5.97 Å². The molecule has 10 heteroatoms. The number of allylic oxidation sites excluding steroid dienone is 2. The second kappa shape index (κ2) is 8.74. The van der Waals surface area contributed by atoms with E-state index in [2.05, 4.69) is 21.8 Å². The summed E-state index contributed by atoms with van der Waals surface area (Å²) in [4.78, 5) is 16.5. The van der Waals surface area contributed by atoms with Gasteiger partial charge in [-0.15, -0.1) is 0 Å². The summed E-state index contributed by atoms with van der Waals surface area (Å²) in [6.45, 7) is 3.40. The minimum Gasteiger partial charge on any atom is -0.440 e. The van der Waals surface area contributed by atoms with E-state index >= 15 is 0 Å². The highest BCUT2D eigenvalue weighted by atomic mass is 16.5. The molecule has 0 fully saturated rings. The van der Waals surface area contributed by atoms with E-state index in [0.717, 1.165) is 23.1 Å². The molecule has 1 unspecified atom stereocenters. The maximum Gasteiger partial charge on any atom is 0.317 e. The first-order chi connectivity index (χ1) is 16.5. The quantitative estimate of drug-likeness (QED) is 0.273. The van der Waals surface area contributed by atoms with Crippen molar-refractivity contribution in [2.24, 2.45) is 5.92 Å². The SMILES string of the molecule is [B]c1c(OC2=CCC(C(=O)OC=C)C=C2)nc2c(-c3cnn(-c4ccccc4)c3)cnn2c1N. The van der Waals surface area contributed by atoms with Crippen molar-refractivity contribution >= 4 is 30.7 Å². The first-order valence-electron chi connectivity index (χ1n) is 10.5. The zero-order valence-electron chi connectivity index (χ0n) is 18.0. The van der Waals surface area contributed by atoms with Gasteiger partial charge in [-0.25, -0.2) is 4.68 Å². The highest BCUT2D eigenvalue weighted by Gasteiger charge is 2.21. The van der Waals surface area contributed by atoms with Gasteiger partial charge in [0.1, 0.15) is 19.4 Å². The van der Waals surface area contributed by atoms with Crippen LogP contribution in [0.15, 0.2) is 85.8 Å². The Morgan fingerprint density at radius 2 is 2.06 bits per heavy atom. The number of hydrogen-bond donors (Lipinski definition) is 1. The maximum atomic E-state index is 11.9. The summed E-state index contributed by atoms with van der Waals surface area (Å²) >= 11 is 0. The third-order valence-electron chi connectivity index (χ3n) is 5.38. The molecule has 1 aliphatic rings. The second-order valence-corrected chi connectivity index (χ2v) is 7.53. The van der Waals surface area contributed by atoms with E-state index in [1.165, 1.54) is 4.52 Å². The number of benzene rings is 1. The van der Waals surface area contributed by atoms with Crippen LogP contribution in [0.5, 0.6) is 5.88 Å². The number of nitrogens with two attached hydrogens (primary N) is 1. The summed E-state index contributed by atoms with van der Waals surface area (Å²) in [5, 5.41) is 8.78. The van der Waals surface area contributed by atoms with Crippen LogP contribution in [0.25, 0.3) is 22.5 Å². The number of nitrogens with zero attached hydrogens (tertiary/aromatic N) is 5. The first-order valence-corrected chi connectivity index (χ1v) is 10.5. The van der Waals surface area contributed by atoms with Gasteiger partial charge in [-0.3, -0.25) is 4.79 Å². The molecule has 5 rings (SSSR count). The molecule has 0 spiro atoms. The van der Waals surface area contributed by atoms with E-state index in [9.17, 15) is 4.79 Å². The third-order valence-corrected chi connectivity index (χ3v) is 5.38. The summed E-state index contributed by atoms with van der Waals surface area (Å²) in [6.07, 6.45) is 11.9. The number of aromatic nitrogens is 5. The Balaban J connectivity index is 1.45. The van der Waals surface area contributed by atoms with Crippen LogP contribution in [0.3, 0.4) is 0 Å². The van der Waals surface area contributed by atoms with Crippen LogP contribution in [-0.2, 0) is 9.53 Å². The Labute approximate surface area is 196 Å². The Kier molecular flexibility index (Phi) is 5.47. The van der Waals surface area contributed by atoms with Crippen LogP contribution >= 0.6 is 0 Å². The van der Waals surface area contributed by atoms with E-state index in [1.807, 2.05) is 36.5 Å². The fraction of sp³-hybridized carbons (Fsp3) is 0.0833. The first kappa shape index (κ1) is 21.3. The lowest BCUT2D eigenvalue weighted by atomic mass is 9.97. The van der Waals surface area contributed by atoms with Crippen LogP contribution < -0.4 is 15.9 Å². The number of carbonyl (C=O) groups excluding carboxylic acids is 1. The van der Waals surface area contributed by atoms with E-state index < -0.39 is 5.92 Å². The van der Waals surface area contributed by atoms with Gasteiger partial charge in [0, 0.05) is 22.8 Å². The number of esters is 1. The molecule has 166 valence electrons. The molecule has 1 aliphatic carbocycles. The Bertz CT molecular complexity index is 1450. The summed E-state index contributed by atoms with van der Waals surface area (Å²) in [7, 11) is 6.18. The van der Waals surface area contributed by atoms with Gasteiger partial charge in [-0.05, 0) is 30.7 Å². The van der Waals surface area contributed by atoms with Gasteiger partial charge in [-0.1, -0.05) is 30.9 Å². The average molecular weight is 450 g/mol. The second-order valence-electron chi connectivity index (χ2n) is 7.53. The monoisotopic (exact) mass is 450 g/mol. The smallest absolute Gasteiger partial charge is 0.317 e. The van der Waals surface area contributed by atoms with Crippen molar-refractivity contribution in [3.05, 3.63) is 85.8 Å². The van der Waals surface area contributed by atoms with Crippen LogP contribution in [0.2, 0.25) is 0 Å². The molecular weight excluding hydrogens is 431 g/mol. The number of carbonyl (C=O) groups is 1. The molecule has 3 aromatic heterocycles. The molecule has 2 N–H and O–H groups in total. The van der Waals surface area contributed by atoms with E-state index in [4.69, 9.17) is 23.1 Å². The molecule has 2 radical (unpaired) electrons. The van der Waals surface area contributed by atoms with Gasteiger partial charge in [0.2, 0.25) is 5.88 Å². The number of ether oxygens (including phenoxy) is 2. The number of anilines is 1. The predicted octanol–water partition coefficient (Wildman–Crippen LogP) is 2.48. The van der Waals surface area contributed by atoms with Gasteiger partial charge in [0.25, 0.3) is 0 Å². The summed E-state index contributed by atoms with van der Waals surface area (Å²) in [5.41, 5.74) is 9.32. The standard InChI is InChI=1S/C24H19BN6O3/c1-2-33-24(32)15-8-10-18(11-9-15)34-23-20(25)21(26)31-22(29-23)19(13-28-31)16-12-27-30(14-16)17-6-4-3-5-7-17/h2-8,10-15H,1,9,26H2. The summed E-state index contributed by atoms with van der Waals surface area (Å²) < 4.78 is 14.0. The summed E-state index contributed by atoms with van der Waals surface area (Å²) in [6, 6.07) is 9.76. The van der Waals surface area contributed by atoms with Crippen LogP contribution in [0.1, 0.15) is 6.42 Å². The predicted molar refractivity (Wildman–Crippen MR) is 128 cm³/mol. The Hall–Kier alpha value is -4.60. The molecule has 0 bridgehead atoms. The molecule has 1 atom stereocenters. The minimum atomic E-state index is -0.411. The fourth-order valence-corrected chi connectivity index (χ4v) is 3.60. The van der Waals surface area contributed by atoms with Crippen LogP contribution in [-0.4, -0.2) is 38.2 Å². The van der Waals surface area contributed by atoms with Crippen molar-refractivity contribution in [3.63, 3.8) is 0 Å². The summed E-state index contributed by atoms with van der Waals surface area (Å²) in [5.74, 6) is 0.0407. The highest BCUT2D eigenvalue weighted by Crippen LogP contribution is 2.27. The van der Waals surface area contributed by atoms with Crippen molar-refractivity contribution in [1.82, 2.24) is 24.4 Å². The normalized spacial score (nSPS) is 15.2. The van der Waals surface area contributed by atoms with Gasteiger partial charge in [-0.2, -0.15) is 19.7 Å². The lowest BCUT2D eigenvalue weighted by molar-refractivity contribution is -0.140. The van der Waals surface area contributed by atoms with Crippen molar-refractivity contribution < 1.29 is 14.3 Å². The number of hydrogen-bond acceptors (Lipinski definition) is 7. The van der Waals surface area contributed by atoms with Crippen molar-refractivity contribution in [2.45, 2.75) is 6.42 Å². The van der Waals surface area contributed by atoms with Gasteiger partial charge in [0.05, 0.1) is 30.3 Å². The molecule has 4 aromatic rings. The van der Waals surface area contributed by atoms with Crippen molar-refractivity contribution in [3.8, 4) is 22.7 Å². The van der Waals surface area contributed by atoms with Gasteiger partial charge < -0.3 is 15.2 Å². The average Bonchev–Trinajstić information content (AvgIpc) is 3.51. The molecule has 0 amide bonds. The third kappa shape index (κ3) is 3.85. The number of para-hydroxylation sites is 1. The largest absolute Gasteiger partial charge is 0.440 e. The topological polar surface area (TPSA) is 110 Å². The number of fused-ring (bicyclic) bond motifs is 1. The van der Waals surface area contributed by atoms with Crippen LogP contribution in [0.4, 0.5) is 5.82 Å². The van der Waals surface area contributed by atoms with E-state index in [1.54, 1.807) is 35.3 Å². The van der Waals surface area contributed by atoms with E-state index in [0.29, 0.717) is 17.8 Å². The molecule has 3 heterocycles. The number of nitrogen functional groups attached to an aromatic ring is 1. The molecule has 34 heavy (non-hydrogen) atoms. The molecular formula is C24H19BN6O3. The molecule has 0 saturated heterocycles. The lowest BCUT2D eigenvalue weighted by Crippen LogP contribution is -2.21. The Morgan fingerprint density at radius 3 is 2.79 bits per heavy atom. The van der Waals surface area contributed by atoms with E-state index in [-0.39, 0.29) is 23.1 Å². The molecule has 9 nitrogen and oxygen atoms in total. The minimum absolute atomic E-state index is 0.144. The molecule has 1 aromatic carbocycles. The fourth-order valence-electron chi connectivity index (χ4n) is 3.60. The number of rotatable bonds is 6. The maximum absolute atomic E-state index is 11.9. The Morgan fingerprint density at radius 1 is 1.24 bits per heavy atom. The zero-order valence-corrected chi connectivity index (χ0v) is 18.0. The lowest BCUT2D eigenvalue weighted by Gasteiger charge is -2.16. The molecule has 0 aliphatic heterocycles. The zero-order chi connectivity index (χ0) is 23.7. The van der Waals surface area contributed by atoms with Crippen LogP contribution in [0, 0.1) is 5.92 Å². The van der Waals surface area contributed by atoms with Crippen molar-refractivity contribution in [1.29, 1.82) is 0 Å².